The molecule has 0 spiro atoms. The molecular formula is C12H20N2O2. The molecule has 1 aromatic carbocycles. The zero-order valence-corrected chi connectivity index (χ0v) is 10.2. The SMILES string of the molecule is COc1cc(CCN)cc(CN(C)C)c1O. The third-order valence-electron chi connectivity index (χ3n) is 2.35. The van der Waals surface area contributed by atoms with Crippen LogP contribution < -0.4 is 10.5 Å². The van der Waals surface area contributed by atoms with E-state index < -0.39 is 0 Å². The summed E-state index contributed by atoms with van der Waals surface area (Å²) >= 11 is 0. The molecule has 90 valence electrons. The number of phenols is 1. The molecule has 0 saturated carbocycles. The van der Waals surface area contributed by atoms with Gasteiger partial charge in [-0.3, -0.25) is 0 Å². The van der Waals surface area contributed by atoms with Crippen LogP contribution in [0.25, 0.3) is 0 Å². The zero-order chi connectivity index (χ0) is 12.1. The minimum atomic E-state index is 0.219. The highest BCUT2D eigenvalue weighted by atomic mass is 16.5. The Morgan fingerprint density at radius 1 is 1.38 bits per heavy atom. The molecule has 0 aliphatic rings. The molecule has 0 unspecified atom stereocenters. The van der Waals surface area contributed by atoms with E-state index in [1.165, 1.54) is 0 Å². The van der Waals surface area contributed by atoms with Crippen LogP contribution in [0.2, 0.25) is 0 Å². The summed E-state index contributed by atoms with van der Waals surface area (Å²) in [5.41, 5.74) is 7.49. The molecule has 0 aliphatic heterocycles. The molecular weight excluding hydrogens is 204 g/mol. The number of nitrogens with zero attached hydrogens (tertiary/aromatic N) is 1. The first kappa shape index (κ1) is 12.8. The van der Waals surface area contributed by atoms with Gasteiger partial charge in [-0.05, 0) is 38.7 Å². The number of hydrogen-bond acceptors (Lipinski definition) is 4. The first-order chi connectivity index (χ1) is 7.58. The lowest BCUT2D eigenvalue weighted by atomic mass is 10.1. The van der Waals surface area contributed by atoms with Crippen LogP contribution in [0.15, 0.2) is 12.1 Å². The lowest BCUT2D eigenvalue weighted by molar-refractivity contribution is 0.354. The topological polar surface area (TPSA) is 58.7 Å². The van der Waals surface area contributed by atoms with Gasteiger partial charge in [0.15, 0.2) is 11.5 Å². The van der Waals surface area contributed by atoms with Gasteiger partial charge in [-0.2, -0.15) is 0 Å². The predicted octanol–water partition coefficient (Wildman–Crippen LogP) is 0.964. The fraction of sp³-hybridized carbons (Fsp3) is 0.500. The average molecular weight is 224 g/mol. The molecule has 0 fully saturated rings. The molecule has 0 amide bonds. The molecule has 0 saturated heterocycles. The maximum atomic E-state index is 9.95. The summed E-state index contributed by atoms with van der Waals surface area (Å²) in [4.78, 5) is 2.00. The molecule has 1 aromatic rings. The van der Waals surface area contributed by atoms with Crippen LogP contribution in [0.4, 0.5) is 0 Å². The van der Waals surface area contributed by atoms with Crippen LogP contribution in [0.5, 0.6) is 11.5 Å². The number of phenolic OH excluding ortho intramolecular Hbond substituents is 1. The van der Waals surface area contributed by atoms with Gasteiger partial charge in [0.1, 0.15) is 0 Å². The Morgan fingerprint density at radius 3 is 2.56 bits per heavy atom. The van der Waals surface area contributed by atoms with E-state index in [2.05, 4.69) is 0 Å². The summed E-state index contributed by atoms with van der Waals surface area (Å²) in [6.07, 6.45) is 0.789. The van der Waals surface area contributed by atoms with Crippen LogP contribution in [-0.4, -0.2) is 37.8 Å². The third kappa shape index (κ3) is 3.12. The van der Waals surface area contributed by atoms with Crippen molar-refractivity contribution in [1.29, 1.82) is 0 Å². The van der Waals surface area contributed by atoms with E-state index in [-0.39, 0.29) is 5.75 Å². The fourth-order valence-electron chi connectivity index (χ4n) is 1.66. The number of nitrogens with two attached hydrogens (primary N) is 1. The van der Waals surface area contributed by atoms with Crippen molar-refractivity contribution in [2.24, 2.45) is 5.73 Å². The highest BCUT2D eigenvalue weighted by molar-refractivity contribution is 5.48. The van der Waals surface area contributed by atoms with E-state index in [0.717, 1.165) is 17.5 Å². The third-order valence-corrected chi connectivity index (χ3v) is 2.35. The Morgan fingerprint density at radius 2 is 2.06 bits per heavy atom. The van der Waals surface area contributed by atoms with Crippen molar-refractivity contribution in [3.63, 3.8) is 0 Å². The highest BCUT2D eigenvalue weighted by Gasteiger charge is 2.10. The minimum Gasteiger partial charge on any atom is -0.504 e. The molecule has 0 aliphatic carbocycles. The highest BCUT2D eigenvalue weighted by Crippen LogP contribution is 2.32. The Bertz CT molecular complexity index is 351. The normalized spacial score (nSPS) is 10.8. The Hall–Kier alpha value is -1.26. The van der Waals surface area contributed by atoms with Gasteiger partial charge in [0, 0.05) is 12.1 Å². The van der Waals surface area contributed by atoms with Crippen LogP contribution in [0, 0.1) is 0 Å². The largest absolute Gasteiger partial charge is 0.504 e. The monoisotopic (exact) mass is 224 g/mol. The molecule has 1 rings (SSSR count). The molecule has 0 radical (unpaired) electrons. The number of benzene rings is 1. The van der Waals surface area contributed by atoms with Gasteiger partial charge in [0.05, 0.1) is 7.11 Å². The summed E-state index contributed by atoms with van der Waals surface area (Å²) in [7, 11) is 5.48. The maximum absolute atomic E-state index is 9.95. The fourth-order valence-corrected chi connectivity index (χ4v) is 1.66. The summed E-state index contributed by atoms with van der Waals surface area (Å²) in [6.45, 7) is 1.27. The average Bonchev–Trinajstić information content (AvgIpc) is 2.22. The molecule has 0 bridgehead atoms. The van der Waals surface area contributed by atoms with Gasteiger partial charge in [0.2, 0.25) is 0 Å². The number of hydrogen-bond donors (Lipinski definition) is 2. The van der Waals surface area contributed by atoms with Crippen LogP contribution in [0.3, 0.4) is 0 Å². The molecule has 0 heterocycles. The van der Waals surface area contributed by atoms with Crippen LogP contribution in [-0.2, 0) is 13.0 Å². The lowest BCUT2D eigenvalue weighted by Crippen LogP contribution is -2.12. The molecule has 4 heteroatoms. The molecule has 16 heavy (non-hydrogen) atoms. The summed E-state index contributed by atoms with van der Waals surface area (Å²) in [5.74, 6) is 0.736. The summed E-state index contributed by atoms with van der Waals surface area (Å²) in [6, 6.07) is 3.81. The maximum Gasteiger partial charge on any atom is 0.162 e. The van der Waals surface area contributed by atoms with E-state index in [1.807, 2.05) is 31.1 Å². The van der Waals surface area contributed by atoms with Gasteiger partial charge in [-0.1, -0.05) is 6.07 Å². The zero-order valence-electron chi connectivity index (χ0n) is 10.2. The van der Waals surface area contributed by atoms with Crippen molar-refractivity contribution in [3.8, 4) is 11.5 Å². The number of methoxy groups -OCH3 is 1. The second-order valence-corrected chi connectivity index (χ2v) is 4.08. The summed E-state index contributed by atoms with van der Waals surface area (Å²) in [5, 5.41) is 9.95. The van der Waals surface area contributed by atoms with E-state index in [9.17, 15) is 5.11 Å². The van der Waals surface area contributed by atoms with Gasteiger partial charge in [0.25, 0.3) is 0 Å². The smallest absolute Gasteiger partial charge is 0.162 e. The summed E-state index contributed by atoms with van der Waals surface area (Å²) < 4.78 is 5.14. The molecule has 3 N–H and O–H groups in total. The first-order valence-corrected chi connectivity index (χ1v) is 5.32. The van der Waals surface area contributed by atoms with E-state index in [1.54, 1.807) is 7.11 Å². The quantitative estimate of drug-likeness (QED) is 0.782. The van der Waals surface area contributed by atoms with Gasteiger partial charge in [-0.25, -0.2) is 0 Å². The lowest BCUT2D eigenvalue weighted by Gasteiger charge is -2.15. The number of aromatic hydroxyl groups is 1. The van der Waals surface area contributed by atoms with Crippen LogP contribution in [0.1, 0.15) is 11.1 Å². The Kier molecular flexibility index (Phi) is 4.58. The number of rotatable bonds is 5. The van der Waals surface area contributed by atoms with Crippen LogP contribution >= 0.6 is 0 Å². The van der Waals surface area contributed by atoms with Crippen molar-refractivity contribution in [2.45, 2.75) is 13.0 Å². The van der Waals surface area contributed by atoms with E-state index in [0.29, 0.717) is 18.8 Å². The van der Waals surface area contributed by atoms with Gasteiger partial charge < -0.3 is 20.5 Å². The minimum absolute atomic E-state index is 0.219. The van der Waals surface area contributed by atoms with E-state index >= 15 is 0 Å². The van der Waals surface area contributed by atoms with E-state index in [4.69, 9.17) is 10.5 Å². The first-order valence-electron chi connectivity index (χ1n) is 5.32. The predicted molar refractivity (Wildman–Crippen MR) is 64.8 cm³/mol. The molecule has 0 aromatic heterocycles. The molecule has 0 atom stereocenters. The van der Waals surface area contributed by atoms with Gasteiger partial charge >= 0.3 is 0 Å². The van der Waals surface area contributed by atoms with Crippen molar-refractivity contribution >= 4 is 0 Å². The van der Waals surface area contributed by atoms with Crippen molar-refractivity contribution in [2.75, 3.05) is 27.7 Å². The molecule has 4 nitrogen and oxygen atoms in total. The second kappa shape index (κ2) is 5.72. The Balaban J connectivity index is 3.08. The van der Waals surface area contributed by atoms with Crippen molar-refractivity contribution < 1.29 is 9.84 Å². The Labute approximate surface area is 96.6 Å². The van der Waals surface area contributed by atoms with Crippen molar-refractivity contribution in [1.82, 2.24) is 4.90 Å². The van der Waals surface area contributed by atoms with Crippen molar-refractivity contribution in [3.05, 3.63) is 23.3 Å². The standard InChI is InChI=1S/C12H20N2O2/c1-14(2)8-10-6-9(4-5-13)7-11(16-3)12(10)15/h6-7,15H,4-5,8,13H2,1-3H3. The second-order valence-electron chi connectivity index (χ2n) is 4.08. The number of ether oxygens (including phenoxy) is 1. The van der Waals surface area contributed by atoms with Gasteiger partial charge in [-0.15, -0.1) is 0 Å².